The third-order valence-corrected chi connectivity index (χ3v) is 6.49. The molecule has 2 amide bonds. The van der Waals surface area contributed by atoms with Gasteiger partial charge in [-0.1, -0.05) is 19.3 Å². The topological polar surface area (TPSA) is 49.9 Å². The van der Waals surface area contributed by atoms with Crippen LogP contribution < -0.4 is 0 Å². The predicted molar refractivity (Wildman–Crippen MR) is 103 cm³/mol. The third kappa shape index (κ3) is 4.65. The summed E-state index contributed by atoms with van der Waals surface area (Å²) in [6, 6.07) is 4.09. The number of thiophene rings is 1. The Morgan fingerprint density at radius 2 is 1.81 bits per heavy atom. The Kier molecular flexibility index (Phi) is 7.08. The first-order valence-corrected chi connectivity index (χ1v) is 10.8. The zero-order valence-electron chi connectivity index (χ0n) is 15.7. The van der Waals surface area contributed by atoms with Crippen LogP contribution in [-0.4, -0.2) is 54.5 Å². The summed E-state index contributed by atoms with van der Waals surface area (Å²) in [5.74, 6) is 0.215. The second kappa shape index (κ2) is 9.51. The monoisotopic (exact) mass is 378 g/mol. The van der Waals surface area contributed by atoms with Crippen LogP contribution in [0, 0.1) is 0 Å². The molecule has 144 valence electrons. The molecule has 1 aromatic rings. The van der Waals surface area contributed by atoms with Gasteiger partial charge in [0, 0.05) is 31.1 Å². The summed E-state index contributed by atoms with van der Waals surface area (Å²) >= 11 is 1.56. The van der Waals surface area contributed by atoms with Crippen LogP contribution in [-0.2, 0) is 9.53 Å². The van der Waals surface area contributed by atoms with Gasteiger partial charge in [-0.25, -0.2) is 0 Å². The van der Waals surface area contributed by atoms with Gasteiger partial charge in [0.15, 0.2) is 0 Å². The van der Waals surface area contributed by atoms with Gasteiger partial charge in [0.1, 0.15) is 6.61 Å². The molecule has 3 heterocycles. The highest BCUT2D eigenvalue weighted by molar-refractivity contribution is 7.14. The minimum atomic E-state index is 0.0550. The largest absolute Gasteiger partial charge is 0.372 e. The molecule has 6 heteroatoms. The van der Waals surface area contributed by atoms with Crippen molar-refractivity contribution < 1.29 is 14.3 Å². The van der Waals surface area contributed by atoms with Crippen molar-refractivity contribution >= 4 is 23.2 Å². The highest BCUT2D eigenvalue weighted by Crippen LogP contribution is 2.36. The molecule has 1 atom stereocenters. The van der Waals surface area contributed by atoms with E-state index in [0.717, 1.165) is 55.1 Å². The molecule has 0 bridgehead atoms. The van der Waals surface area contributed by atoms with Crippen LogP contribution in [0.3, 0.4) is 0 Å². The quantitative estimate of drug-likeness (QED) is 0.782. The lowest BCUT2D eigenvalue weighted by molar-refractivity contribution is -0.136. The first-order valence-electron chi connectivity index (χ1n) is 9.97. The molecule has 2 aliphatic heterocycles. The van der Waals surface area contributed by atoms with E-state index in [9.17, 15) is 9.59 Å². The SMILES string of the molecule is CCOCC(=O)N1CCC[C@@H]1c1ccc(C(=O)N2CCCCCCC2)s1. The van der Waals surface area contributed by atoms with Crippen molar-refractivity contribution in [3.8, 4) is 0 Å². The van der Waals surface area contributed by atoms with Gasteiger partial charge >= 0.3 is 0 Å². The number of likely N-dealkylation sites (tertiary alicyclic amines) is 2. The van der Waals surface area contributed by atoms with Gasteiger partial charge in [0.05, 0.1) is 10.9 Å². The summed E-state index contributed by atoms with van der Waals surface area (Å²) in [5, 5.41) is 0. The van der Waals surface area contributed by atoms with Crippen LogP contribution in [0.5, 0.6) is 0 Å². The average molecular weight is 379 g/mol. The van der Waals surface area contributed by atoms with Gasteiger partial charge < -0.3 is 14.5 Å². The van der Waals surface area contributed by atoms with Crippen molar-refractivity contribution in [2.45, 2.75) is 57.9 Å². The van der Waals surface area contributed by atoms with Gasteiger partial charge in [-0.3, -0.25) is 9.59 Å². The molecule has 2 saturated heterocycles. The summed E-state index contributed by atoms with van der Waals surface area (Å²) in [6.07, 6.45) is 7.92. The summed E-state index contributed by atoms with van der Waals surface area (Å²) < 4.78 is 5.29. The highest BCUT2D eigenvalue weighted by atomic mass is 32.1. The number of ether oxygens (including phenoxy) is 1. The van der Waals surface area contributed by atoms with E-state index < -0.39 is 0 Å². The van der Waals surface area contributed by atoms with Crippen molar-refractivity contribution in [3.05, 3.63) is 21.9 Å². The van der Waals surface area contributed by atoms with Crippen LogP contribution in [0.2, 0.25) is 0 Å². The Bertz CT molecular complexity index is 608. The number of rotatable bonds is 5. The molecule has 2 aliphatic rings. The normalized spacial score (nSPS) is 21.5. The number of hydrogen-bond acceptors (Lipinski definition) is 4. The van der Waals surface area contributed by atoms with Crippen molar-refractivity contribution in [3.63, 3.8) is 0 Å². The summed E-state index contributed by atoms with van der Waals surface area (Å²) in [7, 11) is 0. The Labute approximate surface area is 160 Å². The van der Waals surface area contributed by atoms with Gasteiger partial charge in [0.2, 0.25) is 5.91 Å². The van der Waals surface area contributed by atoms with Gasteiger partial charge in [-0.15, -0.1) is 11.3 Å². The van der Waals surface area contributed by atoms with E-state index in [2.05, 4.69) is 0 Å². The molecule has 1 aromatic heterocycles. The summed E-state index contributed by atoms with van der Waals surface area (Å²) in [4.78, 5) is 31.1. The standard InChI is InChI=1S/C20H30N2O3S/c1-2-25-15-19(23)22-14-8-9-16(22)17-10-11-18(26-17)20(24)21-12-6-4-3-5-7-13-21/h10-11,16H,2-9,12-15H2,1H3/t16-/m1/s1. The van der Waals surface area contributed by atoms with Crippen LogP contribution in [0.15, 0.2) is 12.1 Å². The number of hydrogen-bond donors (Lipinski definition) is 0. The molecule has 0 radical (unpaired) electrons. The molecule has 0 N–H and O–H groups in total. The van der Waals surface area contributed by atoms with E-state index in [1.165, 1.54) is 19.3 Å². The smallest absolute Gasteiger partial charge is 0.263 e. The summed E-state index contributed by atoms with van der Waals surface area (Å²) in [6.45, 7) is 5.12. The molecule has 26 heavy (non-hydrogen) atoms. The van der Waals surface area contributed by atoms with E-state index in [4.69, 9.17) is 4.74 Å². The molecule has 0 spiro atoms. The van der Waals surface area contributed by atoms with E-state index in [1.54, 1.807) is 11.3 Å². The maximum absolute atomic E-state index is 12.9. The third-order valence-electron chi connectivity index (χ3n) is 5.31. The number of nitrogens with zero attached hydrogens (tertiary/aromatic N) is 2. The lowest BCUT2D eigenvalue weighted by atomic mass is 10.1. The predicted octanol–water partition coefficient (Wildman–Crippen LogP) is 3.85. The Morgan fingerprint density at radius 1 is 1.08 bits per heavy atom. The number of carbonyl (C=O) groups excluding carboxylic acids is 2. The van der Waals surface area contributed by atoms with E-state index in [-0.39, 0.29) is 24.5 Å². The van der Waals surface area contributed by atoms with Crippen molar-refractivity contribution in [1.82, 2.24) is 9.80 Å². The fourth-order valence-electron chi connectivity index (χ4n) is 3.89. The molecule has 0 saturated carbocycles. The summed E-state index contributed by atoms with van der Waals surface area (Å²) in [5.41, 5.74) is 0. The fourth-order valence-corrected chi connectivity index (χ4v) is 5.01. The lowest BCUT2D eigenvalue weighted by Crippen LogP contribution is -2.33. The van der Waals surface area contributed by atoms with Gasteiger partial charge in [0.25, 0.3) is 5.91 Å². The molecule has 0 aromatic carbocycles. The number of carbonyl (C=O) groups is 2. The van der Waals surface area contributed by atoms with Crippen LogP contribution in [0.25, 0.3) is 0 Å². The Balaban J connectivity index is 1.66. The minimum Gasteiger partial charge on any atom is -0.372 e. The first kappa shape index (κ1) is 19.4. The molecule has 0 aliphatic carbocycles. The molecule has 2 fully saturated rings. The maximum Gasteiger partial charge on any atom is 0.263 e. The zero-order valence-corrected chi connectivity index (χ0v) is 16.6. The van der Waals surface area contributed by atoms with Crippen molar-refractivity contribution in [2.75, 3.05) is 32.8 Å². The molecular formula is C20H30N2O3S. The number of amides is 2. The molecule has 0 unspecified atom stereocenters. The maximum atomic E-state index is 12.9. The van der Waals surface area contributed by atoms with Crippen molar-refractivity contribution in [1.29, 1.82) is 0 Å². The van der Waals surface area contributed by atoms with Crippen LogP contribution >= 0.6 is 11.3 Å². The minimum absolute atomic E-state index is 0.0550. The highest BCUT2D eigenvalue weighted by Gasteiger charge is 2.31. The van der Waals surface area contributed by atoms with Gasteiger partial charge in [-0.05, 0) is 44.7 Å². The van der Waals surface area contributed by atoms with E-state index >= 15 is 0 Å². The van der Waals surface area contributed by atoms with E-state index in [1.807, 2.05) is 28.9 Å². The second-order valence-electron chi connectivity index (χ2n) is 7.14. The fraction of sp³-hybridized carbons (Fsp3) is 0.700. The Morgan fingerprint density at radius 3 is 2.54 bits per heavy atom. The molecule has 3 rings (SSSR count). The van der Waals surface area contributed by atoms with Crippen LogP contribution in [0.1, 0.15) is 72.5 Å². The van der Waals surface area contributed by atoms with Gasteiger partial charge in [-0.2, -0.15) is 0 Å². The second-order valence-corrected chi connectivity index (χ2v) is 8.26. The lowest BCUT2D eigenvalue weighted by Gasteiger charge is -2.25. The van der Waals surface area contributed by atoms with Crippen molar-refractivity contribution in [2.24, 2.45) is 0 Å². The van der Waals surface area contributed by atoms with Crippen LogP contribution in [0.4, 0.5) is 0 Å². The van der Waals surface area contributed by atoms with E-state index in [0.29, 0.717) is 6.61 Å². The first-order chi connectivity index (χ1) is 12.7. The molecule has 5 nitrogen and oxygen atoms in total. The molecular weight excluding hydrogens is 348 g/mol. The average Bonchev–Trinajstić information content (AvgIpc) is 3.27. The Hall–Kier alpha value is -1.40. The zero-order chi connectivity index (χ0) is 18.4.